The zero-order valence-electron chi connectivity index (χ0n) is 24.2. The topological polar surface area (TPSA) is 117 Å². The molecule has 218 valence electrons. The number of pyridine rings is 1. The predicted octanol–water partition coefficient (Wildman–Crippen LogP) is 4.30. The van der Waals surface area contributed by atoms with E-state index in [1.54, 1.807) is 34.5 Å². The fraction of sp³-hybridized carbons (Fsp3) is 0.467. The molecule has 1 aliphatic carbocycles. The number of benzene rings is 2. The number of hydrogen-bond donors (Lipinski definition) is 1. The van der Waals surface area contributed by atoms with Crippen LogP contribution in [-0.2, 0) is 19.5 Å². The van der Waals surface area contributed by atoms with E-state index in [0.29, 0.717) is 59.8 Å². The molecule has 0 bridgehead atoms. The Bertz CT molecular complexity index is 1530. The average Bonchev–Trinajstić information content (AvgIpc) is 3.47. The number of nitrogens with zero attached hydrogens (tertiary/aromatic N) is 5. The van der Waals surface area contributed by atoms with E-state index in [4.69, 9.17) is 18.9 Å². The largest absolute Gasteiger partial charge is 0.493 e. The number of nitrogens with one attached hydrogen (secondary N) is 1. The van der Waals surface area contributed by atoms with Crippen molar-refractivity contribution >= 4 is 10.9 Å². The second kappa shape index (κ2) is 13.0. The molecular weight excluding hydrogens is 524 g/mol. The third kappa shape index (κ3) is 6.45. The number of aromatic nitrogens is 5. The van der Waals surface area contributed by atoms with Gasteiger partial charge in [-0.05, 0) is 59.5 Å². The van der Waals surface area contributed by atoms with E-state index in [9.17, 15) is 4.79 Å². The Morgan fingerprint density at radius 1 is 0.878 bits per heavy atom. The minimum Gasteiger partial charge on any atom is -0.493 e. The van der Waals surface area contributed by atoms with Crippen LogP contribution in [0.5, 0.6) is 23.0 Å². The molecule has 1 N–H and O–H groups in total. The molecule has 11 heteroatoms. The summed E-state index contributed by atoms with van der Waals surface area (Å²) in [4.78, 5) is 18.5. The lowest BCUT2D eigenvalue weighted by atomic mass is 9.95. The Labute approximate surface area is 239 Å². The summed E-state index contributed by atoms with van der Waals surface area (Å²) in [5.74, 6) is 3.36. The molecule has 0 aliphatic heterocycles. The van der Waals surface area contributed by atoms with Crippen molar-refractivity contribution in [1.82, 2.24) is 30.1 Å². The lowest BCUT2D eigenvalue weighted by Crippen LogP contribution is -2.30. The van der Waals surface area contributed by atoms with Gasteiger partial charge >= 0.3 is 0 Å². The molecule has 5 rings (SSSR count). The molecule has 2 aromatic heterocycles. The Hall–Kier alpha value is -4.12. The summed E-state index contributed by atoms with van der Waals surface area (Å²) < 4.78 is 23.8. The molecule has 0 radical (unpaired) electrons. The molecular formula is C30H38N6O5. The molecule has 0 saturated heterocycles. The van der Waals surface area contributed by atoms with Crippen molar-refractivity contribution in [1.29, 1.82) is 0 Å². The SMILES string of the molecule is COc1ccc(CCN(Cc2cc3cc(OC)c(OC)cc3[nH]c2=O)Cc2nnnn2C2CCCCC2)cc1OC. The van der Waals surface area contributed by atoms with Crippen LogP contribution in [0.4, 0.5) is 0 Å². The van der Waals surface area contributed by atoms with Crippen LogP contribution in [0.25, 0.3) is 10.9 Å². The molecule has 0 spiro atoms. The molecule has 1 fully saturated rings. The van der Waals surface area contributed by atoms with Crippen molar-refractivity contribution in [2.24, 2.45) is 0 Å². The van der Waals surface area contributed by atoms with Crippen LogP contribution in [0.2, 0.25) is 0 Å². The van der Waals surface area contributed by atoms with Crippen molar-refractivity contribution in [2.75, 3.05) is 35.0 Å². The second-order valence-corrected chi connectivity index (χ2v) is 10.4. The summed E-state index contributed by atoms with van der Waals surface area (Å²) >= 11 is 0. The quantitative estimate of drug-likeness (QED) is 0.270. The van der Waals surface area contributed by atoms with Crippen LogP contribution in [-0.4, -0.2) is 65.1 Å². The number of methoxy groups -OCH3 is 4. The summed E-state index contributed by atoms with van der Waals surface area (Å²) in [6.45, 7) is 1.61. The van der Waals surface area contributed by atoms with Gasteiger partial charge in [-0.25, -0.2) is 4.68 Å². The number of hydrogen-bond acceptors (Lipinski definition) is 9. The molecule has 0 atom stereocenters. The summed E-state index contributed by atoms with van der Waals surface area (Å²) in [6.07, 6.45) is 6.54. The van der Waals surface area contributed by atoms with E-state index in [-0.39, 0.29) is 5.56 Å². The van der Waals surface area contributed by atoms with E-state index in [1.165, 1.54) is 19.3 Å². The van der Waals surface area contributed by atoms with Crippen LogP contribution >= 0.6 is 0 Å². The Kier molecular flexibility index (Phi) is 9.03. The predicted molar refractivity (Wildman–Crippen MR) is 155 cm³/mol. The third-order valence-electron chi connectivity index (χ3n) is 7.83. The van der Waals surface area contributed by atoms with Gasteiger partial charge in [-0.15, -0.1) is 5.10 Å². The Morgan fingerprint density at radius 3 is 2.32 bits per heavy atom. The number of H-pyrrole nitrogens is 1. The van der Waals surface area contributed by atoms with E-state index in [0.717, 1.165) is 36.0 Å². The van der Waals surface area contributed by atoms with Gasteiger partial charge in [-0.1, -0.05) is 25.3 Å². The number of tetrazole rings is 1. The molecule has 4 aromatic rings. The highest BCUT2D eigenvalue weighted by Gasteiger charge is 2.22. The minimum absolute atomic E-state index is 0.146. The maximum absolute atomic E-state index is 13.2. The first-order valence-corrected chi connectivity index (χ1v) is 14.0. The fourth-order valence-electron chi connectivity index (χ4n) is 5.60. The average molecular weight is 563 g/mol. The lowest BCUT2D eigenvalue weighted by Gasteiger charge is -2.25. The van der Waals surface area contributed by atoms with Gasteiger partial charge < -0.3 is 23.9 Å². The number of fused-ring (bicyclic) bond motifs is 1. The van der Waals surface area contributed by atoms with Gasteiger partial charge in [0.25, 0.3) is 5.56 Å². The van der Waals surface area contributed by atoms with Crippen molar-refractivity contribution in [2.45, 2.75) is 57.7 Å². The first-order chi connectivity index (χ1) is 20.0. The Morgan fingerprint density at radius 2 is 1.59 bits per heavy atom. The summed E-state index contributed by atoms with van der Waals surface area (Å²) in [5.41, 5.74) is 2.29. The van der Waals surface area contributed by atoms with E-state index in [1.807, 2.05) is 35.0 Å². The summed E-state index contributed by atoms with van der Waals surface area (Å²) in [6, 6.07) is 11.8. The number of rotatable bonds is 12. The van der Waals surface area contributed by atoms with Crippen molar-refractivity contribution in [3.05, 3.63) is 63.7 Å². The maximum atomic E-state index is 13.2. The third-order valence-corrected chi connectivity index (χ3v) is 7.83. The molecule has 0 unspecified atom stereocenters. The fourth-order valence-corrected chi connectivity index (χ4v) is 5.60. The normalized spacial score (nSPS) is 14.0. The van der Waals surface area contributed by atoms with Crippen LogP contribution in [0.1, 0.15) is 55.1 Å². The first kappa shape index (κ1) is 28.4. The van der Waals surface area contributed by atoms with E-state index < -0.39 is 0 Å². The smallest absolute Gasteiger partial charge is 0.252 e. The number of ether oxygens (including phenoxy) is 4. The highest BCUT2D eigenvalue weighted by atomic mass is 16.5. The molecule has 2 heterocycles. The van der Waals surface area contributed by atoms with Gasteiger partial charge in [-0.2, -0.15) is 0 Å². The second-order valence-electron chi connectivity index (χ2n) is 10.4. The van der Waals surface area contributed by atoms with Crippen molar-refractivity contribution in [3.63, 3.8) is 0 Å². The zero-order chi connectivity index (χ0) is 28.8. The van der Waals surface area contributed by atoms with Crippen molar-refractivity contribution < 1.29 is 18.9 Å². The molecule has 2 aromatic carbocycles. The zero-order valence-corrected chi connectivity index (χ0v) is 24.2. The monoisotopic (exact) mass is 562 g/mol. The number of aromatic amines is 1. The highest BCUT2D eigenvalue weighted by Crippen LogP contribution is 2.32. The standard InChI is InChI=1S/C30H38N6O5/c1-38-25-11-10-20(14-26(25)39-2)12-13-35(19-29-32-33-34-36(29)23-8-6-5-7-9-23)18-22-15-21-16-27(40-3)28(41-4)17-24(21)31-30(22)37/h10-11,14-17,23H,5-9,12-13,18-19H2,1-4H3,(H,31,37). The minimum atomic E-state index is -0.146. The Balaban J connectivity index is 1.44. The molecule has 41 heavy (non-hydrogen) atoms. The highest BCUT2D eigenvalue weighted by molar-refractivity contribution is 5.83. The summed E-state index contributed by atoms with van der Waals surface area (Å²) in [7, 11) is 6.44. The van der Waals surface area contributed by atoms with Gasteiger partial charge in [0, 0.05) is 30.1 Å². The van der Waals surface area contributed by atoms with Gasteiger partial charge in [0.15, 0.2) is 28.8 Å². The summed E-state index contributed by atoms with van der Waals surface area (Å²) in [5, 5.41) is 13.6. The van der Waals surface area contributed by atoms with Gasteiger partial charge in [0.05, 0.1) is 46.5 Å². The van der Waals surface area contributed by atoms with Gasteiger partial charge in [-0.3, -0.25) is 9.69 Å². The maximum Gasteiger partial charge on any atom is 0.252 e. The van der Waals surface area contributed by atoms with E-state index >= 15 is 0 Å². The van der Waals surface area contributed by atoms with E-state index in [2.05, 4.69) is 25.4 Å². The van der Waals surface area contributed by atoms with Gasteiger partial charge in [0.2, 0.25) is 0 Å². The molecule has 1 saturated carbocycles. The van der Waals surface area contributed by atoms with Crippen LogP contribution < -0.4 is 24.5 Å². The molecule has 11 nitrogen and oxygen atoms in total. The molecule has 0 amide bonds. The van der Waals surface area contributed by atoms with Crippen LogP contribution in [0.15, 0.2) is 41.2 Å². The van der Waals surface area contributed by atoms with Crippen LogP contribution in [0.3, 0.4) is 0 Å². The first-order valence-electron chi connectivity index (χ1n) is 14.0. The molecule has 1 aliphatic rings. The van der Waals surface area contributed by atoms with Crippen LogP contribution in [0, 0.1) is 0 Å². The van der Waals surface area contributed by atoms with Crippen molar-refractivity contribution in [3.8, 4) is 23.0 Å². The van der Waals surface area contributed by atoms with Gasteiger partial charge in [0.1, 0.15) is 0 Å². The lowest BCUT2D eigenvalue weighted by molar-refractivity contribution is 0.235.